The minimum Gasteiger partial charge on any atom is -0.402 e. The molecule has 72 valence electrons. The Kier molecular flexibility index (Phi) is 2.52. The summed E-state index contributed by atoms with van der Waals surface area (Å²) in [5.41, 5.74) is 20.8. The molecule has 0 spiro atoms. The van der Waals surface area contributed by atoms with Crippen molar-refractivity contribution >= 4 is 27.6 Å². The van der Waals surface area contributed by atoms with E-state index in [1.807, 2.05) is 20.8 Å². The number of rotatable bonds is 1. The Hall–Kier alpha value is -1.16. The number of thiophene rings is 1. The molecule has 1 rings (SSSR count). The number of anilines is 2. The van der Waals surface area contributed by atoms with E-state index in [-0.39, 0.29) is 0 Å². The van der Waals surface area contributed by atoms with Crippen LogP contribution in [0.25, 0.3) is 5.57 Å². The summed E-state index contributed by atoms with van der Waals surface area (Å²) < 4.78 is 0. The van der Waals surface area contributed by atoms with Gasteiger partial charge in [0.15, 0.2) is 0 Å². The maximum atomic E-state index is 5.88. The second-order valence-electron chi connectivity index (χ2n) is 3.12. The van der Waals surface area contributed by atoms with E-state index in [2.05, 4.69) is 0 Å². The summed E-state index contributed by atoms with van der Waals surface area (Å²) in [6, 6.07) is 0. The molecule has 0 atom stereocenters. The molecule has 0 aromatic carbocycles. The van der Waals surface area contributed by atoms with E-state index in [1.165, 1.54) is 11.3 Å². The smallest absolute Gasteiger partial charge is 0.0957 e. The largest absolute Gasteiger partial charge is 0.402 e. The number of nitrogen functional groups attached to an aromatic ring is 2. The molecule has 0 unspecified atom stereocenters. The van der Waals surface area contributed by atoms with E-state index in [1.54, 1.807) is 0 Å². The molecule has 0 saturated carbocycles. The number of aryl methyl sites for hydroxylation is 1. The van der Waals surface area contributed by atoms with Crippen LogP contribution in [0.1, 0.15) is 24.3 Å². The van der Waals surface area contributed by atoms with E-state index in [9.17, 15) is 0 Å². The third-order valence-corrected chi connectivity index (χ3v) is 3.07. The molecule has 0 fully saturated rings. The van der Waals surface area contributed by atoms with Crippen molar-refractivity contribution in [2.75, 3.05) is 11.5 Å². The second kappa shape index (κ2) is 3.30. The molecule has 1 aromatic rings. The summed E-state index contributed by atoms with van der Waals surface area (Å²) in [4.78, 5) is 1.05. The third-order valence-electron chi connectivity index (χ3n) is 2.12. The van der Waals surface area contributed by atoms with E-state index in [4.69, 9.17) is 17.2 Å². The molecule has 0 aliphatic heterocycles. The van der Waals surface area contributed by atoms with Crippen LogP contribution in [-0.2, 0) is 0 Å². The van der Waals surface area contributed by atoms with Gasteiger partial charge in [0.1, 0.15) is 0 Å². The molecular formula is C9H15N3S. The first-order valence-corrected chi connectivity index (χ1v) is 4.84. The van der Waals surface area contributed by atoms with Gasteiger partial charge in [0, 0.05) is 16.1 Å². The first kappa shape index (κ1) is 9.92. The van der Waals surface area contributed by atoms with Crippen LogP contribution in [0.2, 0.25) is 0 Å². The van der Waals surface area contributed by atoms with Crippen LogP contribution in [0.3, 0.4) is 0 Å². The van der Waals surface area contributed by atoms with Crippen LogP contribution >= 0.6 is 11.3 Å². The lowest BCUT2D eigenvalue weighted by Gasteiger charge is -2.04. The van der Waals surface area contributed by atoms with Crippen LogP contribution < -0.4 is 17.2 Å². The van der Waals surface area contributed by atoms with Crippen molar-refractivity contribution in [1.29, 1.82) is 0 Å². The average Bonchev–Trinajstić information content (AvgIpc) is 2.26. The van der Waals surface area contributed by atoms with Gasteiger partial charge in [0.2, 0.25) is 0 Å². The Morgan fingerprint density at radius 2 is 1.77 bits per heavy atom. The molecular weight excluding hydrogens is 182 g/mol. The summed E-state index contributed by atoms with van der Waals surface area (Å²) in [5, 5.41) is 0.748. The van der Waals surface area contributed by atoms with Gasteiger partial charge in [-0.2, -0.15) is 0 Å². The zero-order valence-electron chi connectivity index (χ0n) is 8.14. The van der Waals surface area contributed by atoms with Crippen molar-refractivity contribution in [2.45, 2.75) is 20.8 Å². The Bertz CT molecular complexity index is 359. The molecule has 0 aliphatic carbocycles. The van der Waals surface area contributed by atoms with E-state index in [0.717, 1.165) is 32.4 Å². The summed E-state index contributed by atoms with van der Waals surface area (Å²) in [6.45, 7) is 5.74. The first-order chi connectivity index (χ1) is 5.95. The monoisotopic (exact) mass is 197 g/mol. The fraction of sp³-hybridized carbons (Fsp3) is 0.333. The summed E-state index contributed by atoms with van der Waals surface area (Å²) in [5.74, 6) is 0. The SMILES string of the molecule is C/C(N)=C(\C)c1c(N)sc(C)c1N. The van der Waals surface area contributed by atoms with E-state index in [0.29, 0.717) is 0 Å². The van der Waals surface area contributed by atoms with Crippen molar-refractivity contribution in [3.05, 3.63) is 16.1 Å². The maximum absolute atomic E-state index is 5.88. The number of hydrogen-bond acceptors (Lipinski definition) is 4. The van der Waals surface area contributed by atoms with Crippen LogP contribution in [0, 0.1) is 6.92 Å². The molecule has 1 aromatic heterocycles. The highest BCUT2D eigenvalue weighted by atomic mass is 32.1. The molecule has 13 heavy (non-hydrogen) atoms. The highest BCUT2D eigenvalue weighted by molar-refractivity contribution is 7.16. The summed E-state index contributed by atoms with van der Waals surface area (Å²) in [7, 11) is 0. The standard InChI is InChI=1S/C9H15N3S/c1-4(5(2)10)7-8(11)6(3)13-9(7)12/h10-12H2,1-3H3/b5-4-. The molecule has 0 bridgehead atoms. The topological polar surface area (TPSA) is 78.1 Å². The number of nitrogens with two attached hydrogens (primary N) is 3. The lowest BCUT2D eigenvalue weighted by molar-refractivity contribution is 1.30. The van der Waals surface area contributed by atoms with Crippen molar-refractivity contribution in [2.24, 2.45) is 5.73 Å². The quantitative estimate of drug-likeness (QED) is 0.643. The van der Waals surface area contributed by atoms with Gasteiger partial charge in [-0.15, -0.1) is 11.3 Å². The molecule has 1 heterocycles. The van der Waals surface area contributed by atoms with Gasteiger partial charge in [-0.3, -0.25) is 0 Å². The van der Waals surface area contributed by atoms with Gasteiger partial charge < -0.3 is 17.2 Å². The van der Waals surface area contributed by atoms with Crippen molar-refractivity contribution in [1.82, 2.24) is 0 Å². The number of hydrogen-bond donors (Lipinski definition) is 3. The Labute approximate surface area is 82.2 Å². The zero-order valence-corrected chi connectivity index (χ0v) is 8.96. The molecule has 4 heteroatoms. The van der Waals surface area contributed by atoms with E-state index >= 15 is 0 Å². The second-order valence-corrected chi connectivity index (χ2v) is 4.38. The highest BCUT2D eigenvalue weighted by Gasteiger charge is 2.13. The lowest BCUT2D eigenvalue weighted by Crippen LogP contribution is -1.99. The number of allylic oxidation sites excluding steroid dienone is 2. The minimum absolute atomic E-state index is 0.748. The van der Waals surface area contributed by atoms with Gasteiger partial charge in [-0.1, -0.05) is 0 Å². The van der Waals surface area contributed by atoms with Crippen LogP contribution in [0.5, 0.6) is 0 Å². The Balaban J connectivity index is 3.38. The fourth-order valence-corrected chi connectivity index (χ4v) is 2.07. The maximum Gasteiger partial charge on any atom is 0.0957 e. The van der Waals surface area contributed by atoms with Crippen molar-refractivity contribution in [3.8, 4) is 0 Å². The van der Waals surface area contributed by atoms with Crippen LogP contribution in [-0.4, -0.2) is 0 Å². The minimum atomic E-state index is 0.748. The first-order valence-electron chi connectivity index (χ1n) is 4.02. The van der Waals surface area contributed by atoms with Crippen molar-refractivity contribution in [3.63, 3.8) is 0 Å². The van der Waals surface area contributed by atoms with Gasteiger partial charge in [-0.05, 0) is 26.3 Å². The summed E-state index contributed by atoms with van der Waals surface area (Å²) >= 11 is 1.50. The lowest BCUT2D eigenvalue weighted by atomic mass is 10.1. The molecule has 0 aliphatic rings. The third kappa shape index (κ3) is 1.62. The fourth-order valence-electron chi connectivity index (χ4n) is 1.16. The zero-order chi connectivity index (χ0) is 10.2. The molecule has 0 radical (unpaired) electrons. The highest BCUT2D eigenvalue weighted by Crippen LogP contribution is 2.37. The Morgan fingerprint density at radius 1 is 1.23 bits per heavy atom. The van der Waals surface area contributed by atoms with Gasteiger partial charge in [0.05, 0.1) is 10.7 Å². The normalized spacial score (nSPS) is 12.8. The Morgan fingerprint density at radius 3 is 2.08 bits per heavy atom. The predicted molar refractivity (Wildman–Crippen MR) is 60.3 cm³/mol. The van der Waals surface area contributed by atoms with E-state index < -0.39 is 0 Å². The van der Waals surface area contributed by atoms with Crippen LogP contribution in [0.15, 0.2) is 5.70 Å². The summed E-state index contributed by atoms with van der Waals surface area (Å²) in [6.07, 6.45) is 0. The van der Waals surface area contributed by atoms with Crippen molar-refractivity contribution < 1.29 is 0 Å². The average molecular weight is 197 g/mol. The van der Waals surface area contributed by atoms with Gasteiger partial charge >= 0.3 is 0 Å². The van der Waals surface area contributed by atoms with Gasteiger partial charge in [-0.25, -0.2) is 0 Å². The van der Waals surface area contributed by atoms with Crippen LogP contribution in [0.4, 0.5) is 10.7 Å². The predicted octanol–water partition coefficient (Wildman–Crippen LogP) is 1.93. The van der Waals surface area contributed by atoms with Gasteiger partial charge in [0.25, 0.3) is 0 Å². The molecule has 6 N–H and O–H groups in total. The molecule has 0 saturated heterocycles. The molecule has 0 amide bonds. The molecule has 3 nitrogen and oxygen atoms in total.